The Morgan fingerprint density at radius 3 is 3.04 bits per heavy atom. The highest BCUT2D eigenvalue weighted by atomic mass is 35.5. The SMILES string of the molecule is Cc1noc(-c2cn(C3CCN(C(=O)c4ccc(Cl)s4)C3)nn2)n1. The van der Waals surface area contributed by atoms with Gasteiger partial charge in [0.2, 0.25) is 0 Å². The molecule has 4 heterocycles. The molecular formula is C14H13ClN6O2S. The van der Waals surface area contributed by atoms with Gasteiger partial charge in [0, 0.05) is 13.1 Å². The van der Waals surface area contributed by atoms with Crippen molar-refractivity contribution < 1.29 is 9.32 Å². The number of thiophene rings is 1. The molecule has 0 bridgehead atoms. The zero-order valence-corrected chi connectivity index (χ0v) is 14.3. The summed E-state index contributed by atoms with van der Waals surface area (Å²) in [6.07, 6.45) is 2.59. The van der Waals surface area contributed by atoms with Crippen molar-refractivity contribution in [3.8, 4) is 11.6 Å². The monoisotopic (exact) mass is 364 g/mol. The Morgan fingerprint density at radius 2 is 2.33 bits per heavy atom. The first-order chi connectivity index (χ1) is 11.6. The quantitative estimate of drug-likeness (QED) is 0.709. The summed E-state index contributed by atoms with van der Waals surface area (Å²) in [4.78, 5) is 19.1. The van der Waals surface area contributed by atoms with E-state index in [1.165, 1.54) is 11.3 Å². The average molecular weight is 365 g/mol. The molecular weight excluding hydrogens is 352 g/mol. The number of hydrogen-bond donors (Lipinski definition) is 0. The van der Waals surface area contributed by atoms with Gasteiger partial charge in [-0.1, -0.05) is 22.0 Å². The lowest BCUT2D eigenvalue weighted by atomic mass is 10.3. The topological polar surface area (TPSA) is 89.9 Å². The zero-order valence-electron chi connectivity index (χ0n) is 12.7. The number of likely N-dealkylation sites (tertiary alicyclic amines) is 1. The van der Waals surface area contributed by atoms with Crippen LogP contribution in [0.15, 0.2) is 22.9 Å². The Labute approximate surface area is 146 Å². The maximum Gasteiger partial charge on any atom is 0.280 e. The fourth-order valence-electron chi connectivity index (χ4n) is 2.68. The molecule has 1 aliphatic heterocycles. The van der Waals surface area contributed by atoms with Crippen molar-refractivity contribution in [2.75, 3.05) is 13.1 Å². The second kappa shape index (κ2) is 5.99. The molecule has 4 rings (SSSR count). The van der Waals surface area contributed by atoms with Crippen LogP contribution in [0.3, 0.4) is 0 Å². The summed E-state index contributed by atoms with van der Waals surface area (Å²) >= 11 is 7.20. The van der Waals surface area contributed by atoms with Crippen LogP contribution in [0, 0.1) is 6.92 Å². The van der Waals surface area contributed by atoms with E-state index in [0.29, 0.717) is 39.7 Å². The van der Waals surface area contributed by atoms with E-state index in [2.05, 4.69) is 20.5 Å². The fraction of sp³-hybridized carbons (Fsp3) is 0.357. The van der Waals surface area contributed by atoms with E-state index in [9.17, 15) is 4.79 Å². The molecule has 3 aromatic heterocycles. The summed E-state index contributed by atoms with van der Waals surface area (Å²) < 4.78 is 7.46. The maximum atomic E-state index is 12.5. The average Bonchev–Trinajstić information content (AvgIpc) is 3.33. The van der Waals surface area contributed by atoms with Crippen LogP contribution in [-0.4, -0.2) is 49.0 Å². The van der Waals surface area contributed by atoms with Crippen LogP contribution < -0.4 is 0 Å². The van der Waals surface area contributed by atoms with Crippen LogP contribution in [0.2, 0.25) is 4.34 Å². The van der Waals surface area contributed by atoms with Crippen molar-refractivity contribution in [1.29, 1.82) is 0 Å². The Kier molecular flexibility index (Phi) is 3.81. The predicted octanol–water partition coefficient (Wildman–Crippen LogP) is 2.44. The van der Waals surface area contributed by atoms with Gasteiger partial charge in [-0.25, -0.2) is 4.68 Å². The van der Waals surface area contributed by atoms with Gasteiger partial charge < -0.3 is 9.42 Å². The summed E-state index contributed by atoms with van der Waals surface area (Å²) in [6.45, 7) is 3.00. The largest absolute Gasteiger partial charge is 0.336 e. The number of nitrogens with zero attached hydrogens (tertiary/aromatic N) is 6. The molecule has 1 aliphatic rings. The van der Waals surface area contributed by atoms with E-state index in [1.54, 1.807) is 29.9 Å². The van der Waals surface area contributed by atoms with Gasteiger partial charge in [-0.05, 0) is 25.5 Å². The second-order valence-corrected chi connectivity index (χ2v) is 7.24. The molecule has 3 aromatic rings. The first-order valence-electron chi connectivity index (χ1n) is 7.37. The van der Waals surface area contributed by atoms with Crippen LogP contribution in [-0.2, 0) is 0 Å². The number of hydrogen-bond acceptors (Lipinski definition) is 7. The van der Waals surface area contributed by atoms with E-state index in [1.807, 2.05) is 4.90 Å². The molecule has 10 heteroatoms. The van der Waals surface area contributed by atoms with Crippen molar-refractivity contribution in [2.24, 2.45) is 0 Å². The lowest BCUT2D eigenvalue weighted by molar-refractivity contribution is 0.0791. The number of carbonyl (C=O) groups is 1. The van der Waals surface area contributed by atoms with Gasteiger partial charge >= 0.3 is 0 Å². The molecule has 0 aromatic carbocycles. The first-order valence-corrected chi connectivity index (χ1v) is 8.57. The molecule has 1 atom stereocenters. The van der Waals surface area contributed by atoms with Gasteiger partial charge in [0.05, 0.1) is 21.5 Å². The molecule has 0 aliphatic carbocycles. The third-order valence-corrected chi connectivity index (χ3v) is 5.08. The van der Waals surface area contributed by atoms with Crippen LogP contribution in [0.1, 0.15) is 28.0 Å². The molecule has 1 unspecified atom stereocenters. The molecule has 1 saturated heterocycles. The Bertz CT molecular complexity index is 887. The zero-order chi connectivity index (χ0) is 16.7. The van der Waals surface area contributed by atoms with Crippen molar-refractivity contribution in [3.05, 3.63) is 33.4 Å². The molecule has 8 nitrogen and oxygen atoms in total. The smallest absolute Gasteiger partial charge is 0.280 e. The molecule has 124 valence electrons. The summed E-state index contributed by atoms with van der Waals surface area (Å²) in [5.41, 5.74) is 0.533. The summed E-state index contributed by atoms with van der Waals surface area (Å²) in [5, 5.41) is 12.0. The number of rotatable bonds is 3. The van der Waals surface area contributed by atoms with Crippen LogP contribution in [0.4, 0.5) is 0 Å². The first kappa shape index (κ1) is 15.3. The van der Waals surface area contributed by atoms with Crippen LogP contribution in [0.5, 0.6) is 0 Å². The van der Waals surface area contributed by atoms with Crippen molar-refractivity contribution in [3.63, 3.8) is 0 Å². The van der Waals surface area contributed by atoms with Gasteiger partial charge in [0.15, 0.2) is 11.5 Å². The molecule has 1 amide bonds. The second-order valence-electron chi connectivity index (χ2n) is 5.53. The van der Waals surface area contributed by atoms with Gasteiger partial charge in [-0.2, -0.15) is 4.98 Å². The van der Waals surface area contributed by atoms with Crippen molar-refractivity contribution in [1.82, 2.24) is 30.0 Å². The molecule has 0 radical (unpaired) electrons. The highest BCUT2D eigenvalue weighted by Crippen LogP contribution is 2.27. The van der Waals surface area contributed by atoms with Crippen LogP contribution >= 0.6 is 22.9 Å². The van der Waals surface area contributed by atoms with E-state index in [-0.39, 0.29) is 11.9 Å². The molecule has 0 N–H and O–H groups in total. The highest BCUT2D eigenvalue weighted by Gasteiger charge is 2.30. The predicted molar refractivity (Wildman–Crippen MR) is 86.9 cm³/mol. The van der Waals surface area contributed by atoms with Gasteiger partial charge in [-0.15, -0.1) is 16.4 Å². The number of aryl methyl sites for hydroxylation is 1. The van der Waals surface area contributed by atoms with Gasteiger partial charge in [-0.3, -0.25) is 4.79 Å². The van der Waals surface area contributed by atoms with E-state index in [0.717, 1.165) is 6.42 Å². The Balaban J connectivity index is 1.47. The fourth-order valence-corrected chi connectivity index (χ4v) is 3.69. The van der Waals surface area contributed by atoms with E-state index < -0.39 is 0 Å². The lowest BCUT2D eigenvalue weighted by Gasteiger charge is -2.15. The Morgan fingerprint density at radius 1 is 1.46 bits per heavy atom. The molecule has 0 spiro atoms. The third kappa shape index (κ3) is 2.80. The highest BCUT2D eigenvalue weighted by molar-refractivity contribution is 7.17. The molecule has 1 fully saturated rings. The van der Waals surface area contributed by atoms with E-state index in [4.69, 9.17) is 16.1 Å². The third-order valence-electron chi connectivity index (χ3n) is 3.87. The minimum atomic E-state index is 0.00210. The minimum Gasteiger partial charge on any atom is -0.336 e. The summed E-state index contributed by atoms with van der Waals surface area (Å²) in [7, 11) is 0. The molecule has 0 saturated carbocycles. The standard InChI is InChI=1S/C14H13ClN6O2S/c1-8-16-13(23-18-8)10-7-21(19-17-10)9-4-5-20(6-9)14(22)11-2-3-12(15)24-11/h2-3,7,9H,4-6H2,1H3. The van der Waals surface area contributed by atoms with Crippen molar-refractivity contribution >= 4 is 28.8 Å². The van der Waals surface area contributed by atoms with Gasteiger partial charge in [0.25, 0.3) is 11.8 Å². The van der Waals surface area contributed by atoms with Gasteiger partial charge in [0.1, 0.15) is 0 Å². The number of halogens is 1. The summed E-state index contributed by atoms with van der Waals surface area (Å²) in [6, 6.07) is 3.58. The number of aromatic nitrogens is 5. The number of amides is 1. The normalized spacial score (nSPS) is 17.6. The number of carbonyl (C=O) groups excluding carboxylic acids is 1. The Hall–Kier alpha value is -2.26. The summed E-state index contributed by atoms with van der Waals surface area (Å²) in [5.74, 6) is 0.895. The van der Waals surface area contributed by atoms with E-state index >= 15 is 0 Å². The lowest BCUT2D eigenvalue weighted by Crippen LogP contribution is -2.28. The maximum absolute atomic E-state index is 12.5. The van der Waals surface area contributed by atoms with Crippen LogP contribution in [0.25, 0.3) is 11.6 Å². The minimum absolute atomic E-state index is 0.00210. The molecule has 24 heavy (non-hydrogen) atoms. The van der Waals surface area contributed by atoms with Crippen molar-refractivity contribution in [2.45, 2.75) is 19.4 Å².